The van der Waals surface area contributed by atoms with E-state index in [0.29, 0.717) is 39.1 Å². The first-order valence-corrected chi connectivity index (χ1v) is 15.1. The van der Waals surface area contributed by atoms with E-state index < -0.39 is 12.7 Å². The summed E-state index contributed by atoms with van der Waals surface area (Å²) in [7, 11) is 0. The number of ether oxygens (including phenoxy) is 1. The number of carbonyl (C=O) groups excluding carboxylic acids is 3. The topological polar surface area (TPSA) is 132 Å². The summed E-state index contributed by atoms with van der Waals surface area (Å²) in [6.07, 6.45) is 4.76. The number of rotatable bonds is 10. The third-order valence-electron chi connectivity index (χ3n) is 8.37. The standard InChI is InChI=1S/C31H31BrFN7O4/c1-17(41)28-22-10-19(21-13-34-18(2)35-14-21)4-6-23(22)39(38-28)15-27(42)40-24(11-31(3)12-25(31)40)30(43)37-29-20(16-44-9-8-33)5-7-26(32)36-29/h4-7,10,13-14,24-25H,8-9,11-12,15-16H2,1-3H3,(H,36,37,43)/t24-,25?,31-/m0/s1. The molecule has 44 heavy (non-hydrogen) atoms. The number of amides is 2. The molecule has 2 aliphatic rings. The van der Waals surface area contributed by atoms with Gasteiger partial charge in [-0.1, -0.05) is 19.1 Å². The molecule has 11 nitrogen and oxygen atoms in total. The van der Waals surface area contributed by atoms with Crippen LogP contribution in [0.2, 0.25) is 0 Å². The predicted molar refractivity (Wildman–Crippen MR) is 163 cm³/mol. The third-order valence-corrected chi connectivity index (χ3v) is 8.82. The average molecular weight is 665 g/mol. The number of benzene rings is 1. The Morgan fingerprint density at radius 2 is 1.91 bits per heavy atom. The van der Waals surface area contributed by atoms with Crippen LogP contribution in [0.15, 0.2) is 47.3 Å². The van der Waals surface area contributed by atoms with Crippen LogP contribution in [0, 0.1) is 12.3 Å². The Labute approximate surface area is 261 Å². The van der Waals surface area contributed by atoms with Gasteiger partial charge in [0.2, 0.25) is 11.8 Å². The largest absolute Gasteiger partial charge is 0.374 e. The highest BCUT2D eigenvalue weighted by Crippen LogP contribution is 2.59. The second-order valence-corrected chi connectivity index (χ2v) is 12.4. The molecule has 1 aliphatic carbocycles. The molecule has 2 amide bonds. The maximum Gasteiger partial charge on any atom is 0.248 e. The minimum absolute atomic E-state index is 0.0659. The number of nitrogens with one attached hydrogen (secondary N) is 1. The minimum atomic E-state index is -0.714. The van der Waals surface area contributed by atoms with Crippen molar-refractivity contribution in [3.8, 4) is 11.1 Å². The van der Waals surface area contributed by atoms with Crippen LogP contribution in [-0.2, 0) is 27.5 Å². The van der Waals surface area contributed by atoms with Crippen LogP contribution in [0.4, 0.5) is 10.2 Å². The van der Waals surface area contributed by atoms with Gasteiger partial charge in [-0.3, -0.25) is 19.1 Å². The van der Waals surface area contributed by atoms with E-state index >= 15 is 0 Å². The minimum Gasteiger partial charge on any atom is -0.374 e. The molecule has 1 unspecified atom stereocenters. The van der Waals surface area contributed by atoms with E-state index in [1.807, 2.05) is 25.1 Å². The summed E-state index contributed by atoms with van der Waals surface area (Å²) < 4.78 is 19.9. The van der Waals surface area contributed by atoms with Gasteiger partial charge in [-0.25, -0.2) is 19.3 Å². The lowest BCUT2D eigenvalue weighted by Gasteiger charge is -2.27. The fourth-order valence-electron chi connectivity index (χ4n) is 5.98. The van der Waals surface area contributed by atoms with Crippen LogP contribution in [0.3, 0.4) is 0 Å². The van der Waals surface area contributed by atoms with Gasteiger partial charge in [0, 0.05) is 41.9 Å². The number of piperidine rings is 1. The summed E-state index contributed by atoms with van der Waals surface area (Å²) in [5, 5.41) is 8.03. The number of pyridine rings is 1. The number of aromatic nitrogens is 5. The molecule has 0 spiro atoms. The van der Waals surface area contributed by atoms with Crippen LogP contribution in [0.25, 0.3) is 22.0 Å². The molecule has 6 rings (SSSR count). The summed E-state index contributed by atoms with van der Waals surface area (Å²) in [4.78, 5) is 54.7. The van der Waals surface area contributed by atoms with Gasteiger partial charge in [0.25, 0.3) is 0 Å². The zero-order valence-corrected chi connectivity index (χ0v) is 26.1. The smallest absolute Gasteiger partial charge is 0.248 e. The van der Waals surface area contributed by atoms with Crippen molar-refractivity contribution in [2.24, 2.45) is 5.41 Å². The Morgan fingerprint density at radius 3 is 2.64 bits per heavy atom. The fraction of sp³-hybridized carbons (Fsp3) is 0.387. The van der Waals surface area contributed by atoms with E-state index in [9.17, 15) is 18.8 Å². The summed E-state index contributed by atoms with van der Waals surface area (Å²) in [5.41, 5.74) is 2.96. The van der Waals surface area contributed by atoms with Crippen molar-refractivity contribution < 1.29 is 23.5 Å². The zero-order valence-electron chi connectivity index (χ0n) is 24.5. The number of halogens is 2. The normalized spacial score (nSPS) is 20.5. The number of aryl methyl sites for hydroxylation is 1. The Bertz CT molecular complexity index is 1780. The van der Waals surface area contributed by atoms with E-state index in [1.165, 1.54) is 11.6 Å². The van der Waals surface area contributed by atoms with Gasteiger partial charge in [-0.05, 0) is 64.9 Å². The Morgan fingerprint density at radius 1 is 1.14 bits per heavy atom. The lowest BCUT2D eigenvalue weighted by molar-refractivity contribution is -0.138. The van der Waals surface area contributed by atoms with Gasteiger partial charge < -0.3 is 15.0 Å². The van der Waals surface area contributed by atoms with Gasteiger partial charge in [-0.15, -0.1) is 0 Å². The van der Waals surface area contributed by atoms with Crippen molar-refractivity contribution in [1.29, 1.82) is 0 Å². The summed E-state index contributed by atoms with van der Waals surface area (Å²) in [6, 6.07) is 8.24. The number of Topliss-reactive ketones (excluding diaryl/α,β-unsaturated/α-hetero) is 1. The van der Waals surface area contributed by atoms with Crippen LogP contribution in [0.5, 0.6) is 0 Å². The molecule has 1 saturated carbocycles. The number of anilines is 1. The van der Waals surface area contributed by atoms with Gasteiger partial charge in [-0.2, -0.15) is 5.10 Å². The highest BCUT2D eigenvalue weighted by molar-refractivity contribution is 9.10. The zero-order chi connectivity index (χ0) is 31.2. The molecule has 228 valence electrons. The highest BCUT2D eigenvalue weighted by atomic mass is 79.9. The van der Waals surface area contributed by atoms with E-state index in [-0.39, 0.29) is 54.5 Å². The first kappa shape index (κ1) is 29.9. The van der Waals surface area contributed by atoms with Crippen molar-refractivity contribution in [3.05, 3.63) is 64.4 Å². The van der Waals surface area contributed by atoms with E-state index in [2.05, 4.69) is 48.2 Å². The van der Waals surface area contributed by atoms with E-state index in [4.69, 9.17) is 4.74 Å². The first-order valence-electron chi connectivity index (χ1n) is 14.3. The molecule has 1 aliphatic heterocycles. The van der Waals surface area contributed by atoms with Gasteiger partial charge in [0.1, 0.15) is 41.2 Å². The van der Waals surface area contributed by atoms with Crippen molar-refractivity contribution >= 4 is 50.2 Å². The van der Waals surface area contributed by atoms with Crippen molar-refractivity contribution in [2.75, 3.05) is 18.6 Å². The van der Waals surface area contributed by atoms with Gasteiger partial charge >= 0.3 is 0 Å². The maximum atomic E-state index is 13.9. The second-order valence-electron chi connectivity index (χ2n) is 11.6. The average Bonchev–Trinajstić information content (AvgIpc) is 3.35. The van der Waals surface area contributed by atoms with Crippen LogP contribution < -0.4 is 5.32 Å². The number of hydrogen-bond donors (Lipinski definition) is 1. The number of hydrogen-bond acceptors (Lipinski definition) is 8. The lowest BCUT2D eigenvalue weighted by atomic mass is 10.0. The molecular weight excluding hydrogens is 633 g/mol. The molecule has 4 heterocycles. The Kier molecular flexibility index (Phi) is 8.01. The quantitative estimate of drug-likeness (QED) is 0.147. The summed E-state index contributed by atoms with van der Waals surface area (Å²) in [5.74, 6) is 0.103. The first-order chi connectivity index (χ1) is 21.1. The molecule has 0 bridgehead atoms. The molecule has 13 heteroatoms. The SMILES string of the molecule is CC(=O)c1nn(CC(=O)N2C3C[C@]3(C)C[C@H]2C(=O)Nc2nc(Br)ccc2COCCF)c2ccc(-c3cnc(C)nc3)cc12. The molecule has 2 fully saturated rings. The molecule has 4 aromatic rings. The van der Waals surface area contributed by atoms with Gasteiger partial charge in [0.05, 0.1) is 18.7 Å². The molecule has 3 atom stereocenters. The Balaban J connectivity index is 1.25. The lowest BCUT2D eigenvalue weighted by Crippen LogP contribution is -2.47. The number of nitrogens with zero attached hydrogens (tertiary/aromatic N) is 6. The Hall–Kier alpha value is -4.10. The number of alkyl halides is 1. The number of likely N-dealkylation sites (tertiary alicyclic amines) is 1. The van der Waals surface area contributed by atoms with Crippen molar-refractivity contribution in [2.45, 2.75) is 58.8 Å². The maximum absolute atomic E-state index is 13.9. The van der Waals surface area contributed by atoms with Crippen LogP contribution in [0.1, 0.15) is 48.6 Å². The number of fused-ring (bicyclic) bond motifs is 2. The highest BCUT2D eigenvalue weighted by Gasteiger charge is 2.64. The van der Waals surface area contributed by atoms with Crippen LogP contribution >= 0.6 is 15.9 Å². The van der Waals surface area contributed by atoms with Crippen molar-refractivity contribution in [3.63, 3.8) is 0 Å². The van der Waals surface area contributed by atoms with E-state index in [1.54, 1.807) is 29.4 Å². The third kappa shape index (κ3) is 5.73. The number of ketones is 1. The molecule has 1 N–H and O–H groups in total. The summed E-state index contributed by atoms with van der Waals surface area (Å²) in [6.45, 7) is 4.59. The molecule has 3 aromatic heterocycles. The second kappa shape index (κ2) is 11.8. The fourth-order valence-corrected chi connectivity index (χ4v) is 6.29. The molecule has 1 saturated heterocycles. The molecule has 0 radical (unpaired) electrons. The van der Waals surface area contributed by atoms with E-state index in [0.717, 1.165) is 17.5 Å². The van der Waals surface area contributed by atoms with Gasteiger partial charge in [0.15, 0.2) is 5.78 Å². The van der Waals surface area contributed by atoms with Crippen molar-refractivity contribution in [1.82, 2.24) is 29.6 Å². The monoisotopic (exact) mass is 663 g/mol. The number of carbonyl (C=O) groups is 3. The molecule has 1 aromatic carbocycles. The van der Waals surface area contributed by atoms with Crippen LogP contribution in [-0.4, -0.2) is 72.6 Å². The predicted octanol–water partition coefficient (Wildman–Crippen LogP) is 4.67. The summed E-state index contributed by atoms with van der Waals surface area (Å²) >= 11 is 3.33. The molecular formula is C31H31BrFN7O4.